The topological polar surface area (TPSA) is 75.7 Å². The summed E-state index contributed by atoms with van der Waals surface area (Å²) >= 11 is 0. The molecular weight excluding hydrogens is 318 g/mol. The molecule has 0 bridgehead atoms. The van der Waals surface area contributed by atoms with E-state index in [1.54, 1.807) is 0 Å². The van der Waals surface area contributed by atoms with Gasteiger partial charge in [-0.05, 0) is 37.0 Å². The molecule has 0 saturated heterocycles. The molecule has 0 aliphatic carbocycles. The van der Waals surface area contributed by atoms with Gasteiger partial charge in [-0.25, -0.2) is 0 Å². The second-order valence-corrected chi connectivity index (χ2v) is 13.2. The predicted molar refractivity (Wildman–Crippen MR) is 103 cm³/mol. The number of rotatable bonds is 12. The zero-order valence-electron chi connectivity index (χ0n) is 15.6. The molecule has 1 rings (SSSR count). The zero-order valence-corrected chi connectivity index (χ0v) is 16.6. The van der Waals surface area contributed by atoms with Crippen molar-refractivity contribution < 1.29 is 14.9 Å². The van der Waals surface area contributed by atoms with Crippen molar-refractivity contribution >= 4 is 8.07 Å². The van der Waals surface area contributed by atoms with Crippen LogP contribution in [0.2, 0.25) is 25.2 Å². The Hall–Kier alpha value is -0.883. The van der Waals surface area contributed by atoms with E-state index in [4.69, 9.17) is 10.5 Å². The number of hydrogen-bond acceptors (Lipinski definition) is 4. The number of nitrogens with two attached hydrogens (primary N) is 1. The number of ether oxygens (including phenoxy) is 1. The molecule has 4 nitrogen and oxygen atoms in total. The molecule has 5 heteroatoms. The first-order chi connectivity index (χ1) is 11.3. The van der Waals surface area contributed by atoms with Crippen LogP contribution in [0.4, 0.5) is 0 Å². The third-order valence-corrected chi connectivity index (χ3v) is 8.56. The average molecular weight is 354 g/mol. The Morgan fingerprint density at radius 2 is 1.71 bits per heavy atom. The molecule has 0 radical (unpaired) electrons. The van der Waals surface area contributed by atoms with Gasteiger partial charge in [0.25, 0.3) is 0 Å². The van der Waals surface area contributed by atoms with Crippen LogP contribution >= 0.6 is 0 Å². The standard InChI is InChI=1S/C19H35NO3Si/c1-4-24(2,3)14-6-5-13-23-18-9-7-17(8-10-18)11-12-19(20,15-21)16-22/h7-10,21-22H,4-6,11-16,20H2,1-3H3. The largest absolute Gasteiger partial charge is 0.494 e. The highest BCUT2D eigenvalue weighted by molar-refractivity contribution is 6.77. The van der Waals surface area contributed by atoms with Crippen LogP contribution in [-0.4, -0.2) is 43.6 Å². The minimum Gasteiger partial charge on any atom is -0.494 e. The molecule has 0 amide bonds. The highest BCUT2D eigenvalue weighted by Gasteiger charge is 2.22. The minimum absolute atomic E-state index is 0.206. The Kier molecular flexibility index (Phi) is 8.98. The van der Waals surface area contributed by atoms with Gasteiger partial charge in [0, 0.05) is 8.07 Å². The molecule has 0 saturated carbocycles. The second kappa shape index (κ2) is 10.2. The summed E-state index contributed by atoms with van der Waals surface area (Å²) in [4.78, 5) is 0. The summed E-state index contributed by atoms with van der Waals surface area (Å²) in [7, 11) is -0.947. The maximum absolute atomic E-state index is 9.21. The van der Waals surface area contributed by atoms with Crippen molar-refractivity contribution in [3.05, 3.63) is 29.8 Å². The molecule has 138 valence electrons. The van der Waals surface area contributed by atoms with E-state index < -0.39 is 13.6 Å². The minimum atomic E-state index is -0.947. The maximum atomic E-state index is 9.21. The van der Waals surface area contributed by atoms with Gasteiger partial charge in [-0.3, -0.25) is 0 Å². The number of unbranched alkanes of at least 4 members (excludes halogenated alkanes) is 1. The van der Waals surface area contributed by atoms with Gasteiger partial charge >= 0.3 is 0 Å². The first-order valence-corrected chi connectivity index (χ1v) is 12.5. The fourth-order valence-corrected chi connectivity index (χ4v) is 3.99. The van der Waals surface area contributed by atoms with Crippen LogP contribution in [0.3, 0.4) is 0 Å². The third-order valence-electron chi connectivity index (χ3n) is 4.94. The molecule has 0 aliphatic rings. The Morgan fingerprint density at radius 1 is 1.08 bits per heavy atom. The van der Waals surface area contributed by atoms with Crippen LogP contribution in [0.25, 0.3) is 0 Å². The van der Waals surface area contributed by atoms with E-state index in [0.717, 1.165) is 30.8 Å². The Labute approximate surface area is 148 Å². The zero-order chi connectivity index (χ0) is 18.1. The molecule has 0 unspecified atom stereocenters. The molecule has 0 aliphatic heterocycles. The first-order valence-electron chi connectivity index (χ1n) is 9.06. The molecule has 0 aromatic heterocycles. The van der Waals surface area contributed by atoms with E-state index in [1.807, 2.05) is 24.3 Å². The fourth-order valence-electron chi connectivity index (χ4n) is 2.43. The second-order valence-electron chi connectivity index (χ2n) is 7.65. The maximum Gasteiger partial charge on any atom is 0.119 e. The van der Waals surface area contributed by atoms with Gasteiger partial charge in [-0.15, -0.1) is 0 Å². The lowest BCUT2D eigenvalue weighted by Gasteiger charge is -2.24. The predicted octanol–water partition coefficient (Wildman–Crippen LogP) is 3.19. The van der Waals surface area contributed by atoms with Gasteiger partial charge < -0.3 is 20.7 Å². The van der Waals surface area contributed by atoms with Crippen molar-refractivity contribution in [1.29, 1.82) is 0 Å². The Bertz CT molecular complexity index is 458. The van der Waals surface area contributed by atoms with Crippen LogP contribution in [0, 0.1) is 0 Å². The van der Waals surface area contributed by atoms with E-state index in [9.17, 15) is 10.2 Å². The van der Waals surface area contributed by atoms with Crippen LogP contribution in [0.5, 0.6) is 5.75 Å². The van der Waals surface area contributed by atoms with Gasteiger partial charge in [0.2, 0.25) is 0 Å². The summed E-state index contributed by atoms with van der Waals surface area (Å²) in [5.41, 5.74) is 6.12. The molecule has 24 heavy (non-hydrogen) atoms. The summed E-state index contributed by atoms with van der Waals surface area (Å²) in [5, 5.41) is 18.4. The quantitative estimate of drug-likeness (QED) is 0.398. The first kappa shape index (κ1) is 21.2. The van der Waals surface area contributed by atoms with Crippen molar-refractivity contribution in [2.75, 3.05) is 19.8 Å². The molecule has 0 spiro atoms. The summed E-state index contributed by atoms with van der Waals surface area (Å²) in [5.74, 6) is 0.897. The Balaban J connectivity index is 2.30. The van der Waals surface area contributed by atoms with E-state index in [-0.39, 0.29) is 13.2 Å². The molecule has 1 aromatic carbocycles. The van der Waals surface area contributed by atoms with Crippen LogP contribution < -0.4 is 10.5 Å². The number of benzene rings is 1. The number of aliphatic hydroxyl groups excluding tert-OH is 2. The average Bonchev–Trinajstić information content (AvgIpc) is 2.60. The van der Waals surface area contributed by atoms with E-state index >= 15 is 0 Å². The summed E-state index contributed by atoms with van der Waals surface area (Å²) < 4.78 is 5.81. The lowest BCUT2D eigenvalue weighted by Crippen LogP contribution is -2.47. The highest BCUT2D eigenvalue weighted by atomic mass is 28.3. The summed E-state index contributed by atoms with van der Waals surface area (Å²) in [6, 6.07) is 10.7. The van der Waals surface area contributed by atoms with Crippen molar-refractivity contribution in [2.45, 2.75) is 63.3 Å². The fraction of sp³-hybridized carbons (Fsp3) is 0.684. The smallest absolute Gasteiger partial charge is 0.119 e. The molecule has 0 atom stereocenters. The van der Waals surface area contributed by atoms with Crippen molar-refractivity contribution in [3.8, 4) is 5.75 Å². The lowest BCUT2D eigenvalue weighted by molar-refractivity contribution is 0.115. The lowest BCUT2D eigenvalue weighted by atomic mass is 9.94. The van der Waals surface area contributed by atoms with Crippen LogP contribution in [0.1, 0.15) is 31.7 Å². The summed E-state index contributed by atoms with van der Waals surface area (Å²) in [6.07, 6.45) is 3.65. The van der Waals surface area contributed by atoms with Crippen LogP contribution in [0.15, 0.2) is 24.3 Å². The highest BCUT2D eigenvalue weighted by Crippen LogP contribution is 2.19. The van der Waals surface area contributed by atoms with Crippen molar-refractivity contribution in [2.24, 2.45) is 5.73 Å². The monoisotopic (exact) mass is 353 g/mol. The van der Waals surface area contributed by atoms with Gasteiger partial charge in [0.15, 0.2) is 0 Å². The molecular formula is C19H35NO3Si. The number of hydrogen-bond donors (Lipinski definition) is 3. The van der Waals surface area contributed by atoms with Gasteiger partial charge in [-0.2, -0.15) is 0 Å². The van der Waals surface area contributed by atoms with Gasteiger partial charge in [-0.1, -0.05) is 50.7 Å². The molecule has 1 aromatic rings. The normalized spacial score (nSPS) is 12.4. The third kappa shape index (κ3) is 7.79. The SMILES string of the molecule is CC[Si](C)(C)CCCCOc1ccc(CCC(N)(CO)CO)cc1. The van der Waals surface area contributed by atoms with Gasteiger partial charge in [0.1, 0.15) is 5.75 Å². The number of aryl methyl sites for hydroxylation is 1. The summed E-state index contributed by atoms with van der Waals surface area (Å²) in [6.45, 7) is 7.58. The molecule has 0 fully saturated rings. The van der Waals surface area contributed by atoms with Crippen molar-refractivity contribution in [1.82, 2.24) is 0 Å². The molecule has 4 N–H and O–H groups in total. The van der Waals surface area contributed by atoms with E-state index in [2.05, 4.69) is 20.0 Å². The van der Waals surface area contributed by atoms with E-state index in [1.165, 1.54) is 18.5 Å². The van der Waals surface area contributed by atoms with E-state index in [0.29, 0.717) is 6.42 Å². The van der Waals surface area contributed by atoms with Crippen molar-refractivity contribution in [3.63, 3.8) is 0 Å². The number of aliphatic hydroxyl groups is 2. The van der Waals surface area contributed by atoms with Gasteiger partial charge in [0.05, 0.1) is 25.4 Å². The molecule has 0 heterocycles. The van der Waals surface area contributed by atoms with Crippen LogP contribution in [-0.2, 0) is 6.42 Å². The Morgan fingerprint density at radius 3 is 2.25 bits per heavy atom.